The van der Waals surface area contributed by atoms with Gasteiger partial charge in [0.1, 0.15) is 10.7 Å². The van der Waals surface area contributed by atoms with Crippen LogP contribution in [0.15, 0.2) is 23.2 Å². The summed E-state index contributed by atoms with van der Waals surface area (Å²) in [5.74, 6) is 0.288. The number of amides is 1. The van der Waals surface area contributed by atoms with Crippen molar-refractivity contribution in [3.05, 3.63) is 18.3 Å². The van der Waals surface area contributed by atoms with E-state index in [4.69, 9.17) is 0 Å². The van der Waals surface area contributed by atoms with Crippen molar-refractivity contribution < 1.29 is 13.2 Å². The number of carbonyl (C=O) groups excluding carboxylic acids is 1. The van der Waals surface area contributed by atoms with Crippen LogP contribution < -0.4 is 15.4 Å². The molecule has 0 aliphatic rings. The van der Waals surface area contributed by atoms with E-state index < -0.39 is 10.0 Å². The van der Waals surface area contributed by atoms with Crippen molar-refractivity contribution in [3.8, 4) is 0 Å². The zero-order chi connectivity index (χ0) is 18.4. The van der Waals surface area contributed by atoms with Gasteiger partial charge in [-0.25, -0.2) is 18.1 Å². The van der Waals surface area contributed by atoms with Crippen molar-refractivity contribution in [2.24, 2.45) is 0 Å². The Labute approximate surface area is 144 Å². The van der Waals surface area contributed by atoms with Gasteiger partial charge in [-0.05, 0) is 46.2 Å². The second kappa shape index (κ2) is 8.43. The van der Waals surface area contributed by atoms with Gasteiger partial charge in [0.15, 0.2) is 0 Å². The van der Waals surface area contributed by atoms with Crippen molar-refractivity contribution >= 4 is 21.7 Å². The third-order valence-electron chi connectivity index (χ3n) is 3.07. The summed E-state index contributed by atoms with van der Waals surface area (Å²) in [4.78, 5) is 15.9. The van der Waals surface area contributed by atoms with E-state index >= 15 is 0 Å². The number of nitrogens with one attached hydrogen (secondary N) is 3. The van der Waals surface area contributed by atoms with Crippen molar-refractivity contribution in [1.29, 1.82) is 0 Å². The molecule has 0 aliphatic heterocycles. The molecule has 136 valence electrons. The first-order valence-electron chi connectivity index (χ1n) is 8.07. The second-order valence-electron chi connectivity index (χ2n) is 6.84. The maximum atomic E-state index is 12.2. The quantitative estimate of drug-likeness (QED) is 0.660. The number of anilines is 1. The summed E-state index contributed by atoms with van der Waals surface area (Å²) < 4.78 is 27.0. The SMILES string of the molecule is CCCC(C)NS(=O)(=O)c1ccc(NCC(=O)NC(C)(C)C)nc1. The van der Waals surface area contributed by atoms with Crippen LogP contribution >= 0.6 is 0 Å². The van der Waals surface area contributed by atoms with Crippen LogP contribution in [-0.4, -0.2) is 37.4 Å². The van der Waals surface area contributed by atoms with Crippen LogP contribution in [0.1, 0.15) is 47.5 Å². The Balaban J connectivity index is 2.64. The van der Waals surface area contributed by atoms with Crippen LogP contribution in [0, 0.1) is 0 Å². The number of carbonyl (C=O) groups is 1. The summed E-state index contributed by atoms with van der Waals surface area (Å²) in [5, 5.41) is 5.69. The number of aromatic nitrogens is 1. The highest BCUT2D eigenvalue weighted by Crippen LogP contribution is 2.12. The largest absolute Gasteiger partial charge is 0.361 e. The van der Waals surface area contributed by atoms with Crippen LogP contribution in [0.2, 0.25) is 0 Å². The molecular weight excluding hydrogens is 328 g/mol. The summed E-state index contributed by atoms with van der Waals surface area (Å²) in [6.45, 7) is 9.60. The predicted octanol–water partition coefficient (Wildman–Crippen LogP) is 1.88. The van der Waals surface area contributed by atoms with Gasteiger partial charge in [0.2, 0.25) is 15.9 Å². The fourth-order valence-corrected chi connectivity index (χ4v) is 3.32. The maximum absolute atomic E-state index is 12.2. The average molecular weight is 356 g/mol. The molecule has 8 heteroatoms. The highest BCUT2D eigenvalue weighted by molar-refractivity contribution is 7.89. The van der Waals surface area contributed by atoms with Gasteiger partial charge in [0.05, 0.1) is 6.54 Å². The molecule has 7 nitrogen and oxygen atoms in total. The third kappa shape index (κ3) is 7.27. The molecule has 1 heterocycles. The molecule has 0 radical (unpaired) electrons. The van der Waals surface area contributed by atoms with Crippen LogP contribution in [0.5, 0.6) is 0 Å². The number of sulfonamides is 1. The lowest BCUT2D eigenvalue weighted by Gasteiger charge is -2.20. The zero-order valence-electron chi connectivity index (χ0n) is 15.0. The Morgan fingerprint density at radius 2 is 1.96 bits per heavy atom. The van der Waals surface area contributed by atoms with Crippen molar-refractivity contribution in [2.45, 2.75) is 63.9 Å². The normalized spacial score (nSPS) is 13.4. The van der Waals surface area contributed by atoms with Gasteiger partial charge in [0.25, 0.3) is 0 Å². The molecule has 0 spiro atoms. The molecule has 1 aromatic heterocycles. The minimum atomic E-state index is -3.57. The smallest absolute Gasteiger partial charge is 0.242 e. The van der Waals surface area contributed by atoms with Crippen LogP contribution in [-0.2, 0) is 14.8 Å². The minimum absolute atomic E-state index is 0.0716. The van der Waals surface area contributed by atoms with Gasteiger partial charge in [-0.15, -0.1) is 0 Å². The first-order valence-corrected chi connectivity index (χ1v) is 9.55. The molecule has 0 bridgehead atoms. The van der Waals surface area contributed by atoms with E-state index in [1.165, 1.54) is 12.3 Å². The lowest BCUT2D eigenvalue weighted by molar-refractivity contribution is -0.120. The van der Waals surface area contributed by atoms with E-state index in [1.807, 2.05) is 34.6 Å². The number of rotatable bonds is 8. The molecule has 0 fully saturated rings. The highest BCUT2D eigenvalue weighted by Gasteiger charge is 2.17. The molecule has 24 heavy (non-hydrogen) atoms. The van der Waals surface area contributed by atoms with Crippen LogP contribution in [0.3, 0.4) is 0 Å². The van der Waals surface area contributed by atoms with E-state index in [9.17, 15) is 13.2 Å². The van der Waals surface area contributed by atoms with E-state index in [-0.39, 0.29) is 28.9 Å². The highest BCUT2D eigenvalue weighted by atomic mass is 32.2. The van der Waals surface area contributed by atoms with Crippen molar-refractivity contribution in [1.82, 2.24) is 15.0 Å². The van der Waals surface area contributed by atoms with Crippen molar-refractivity contribution in [2.75, 3.05) is 11.9 Å². The lowest BCUT2D eigenvalue weighted by Crippen LogP contribution is -2.43. The molecule has 3 N–H and O–H groups in total. The van der Waals surface area contributed by atoms with Gasteiger partial charge in [-0.1, -0.05) is 13.3 Å². The standard InChI is InChI=1S/C16H28N4O3S/c1-6-7-12(2)20-24(22,23)13-8-9-14(17-10-13)18-11-15(21)19-16(3,4)5/h8-10,12,20H,6-7,11H2,1-5H3,(H,17,18)(H,19,21). The Hall–Kier alpha value is -1.67. The molecule has 0 aliphatic carbocycles. The summed E-state index contributed by atoms with van der Waals surface area (Å²) in [5.41, 5.74) is -0.301. The maximum Gasteiger partial charge on any atom is 0.242 e. The first-order chi connectivity index (χ1) is 11.0. The van der Waals surface area contributed by atoms with E-state index in [0.29, 0.717) is 5.82 Å². The lowest BCUT2D eigenvalue weighted by atomic mass is 10.1. The van der Waals surface area contributed by atoms with Crippen LogP contribution in [0.25, 0.3) is 0 Å². The summed E-state index contributed by atoms with van der Waals surface area (Å²) in [6, 6.07) is 2.89. The van der Waals surface area contributed by atoms with E-state index in [1.54, 1.807) is 6.07 Å². The predicted molar refractivity (Wildman–Crippen MR) is 95.3 cm³/mol. The van der Waals surface area contributed by atoms with Gasteiger partial charge in [0, 0.05) is 17.8 Å². The first kappa shape index (κ1) is 20.4. The van der Waals surface area contributed by atoms with E-state index in [2.05, 4.69) is 20.3 Å². The Bertz CT molecular complexity index is 636. The van der Waals surface area contributed by atoms with Gasteiger partial charge >= 0.3 is 0 Å². The fraction of sp³-hybridized carbons (Fsp3) is 0.625. The minimum Gasteiger partial charge on any atom is -0.361 e. The molecule has 0 saturated carbocycles. The molecule has 1 unspecified atom stereocenters. The molecule has 1 aromatic rings. The van der Waals surface area contributed by atoms with E-state index in [0.717, 1.165) is 12.8 Å². The number of hydrogen-bond acceptors (Lipinski definition) is 5. The van der Waals surface area contributed by atoms with Gasteiger partial charge in [-0.2, -0.15) is 0 Å². The number of pyridine rings is 1. The molecule has 1 amide bonds. The van der Waals surface area contributed by atoms with Crippen LogP contribution in [0.4, 0.5) is 5.82 Å². The molecule has 1 atom stereocenters. The monoisotopic (exact) mass is 356 g/mol. The molecule has 0 saturated heterocycles. The molecule has 0 aromatic carbocycles. The topological polar surface area (TPSA) is 100 Å². The Morgan fingerprint density at radius 3 is 2.46 bits per heavy atom. The van der Waals surface area contributed by atoms with Gasteiger partial charge < -0.3 is 10.6 Å². The fourth-order valence-electron chi connectivity index (χ4n) is 2.10. The average Bonchev–Trinajstić information content (AvgIpc) is 2.43. The molecular formula is C16H28N4O3S. The summed E-state index contributed by atoms with van der Waals surface area (Å²) in [6.07, 6.45) is 2.96. The Kier molecular flexibility index (Phi) is 7.16. The van der Waals surface area contributed by atoms with Crippen molar-refractivity contribution in [3.63, 3.8) is 0 Å². The molecule has 1 rings (SSSR count). The third-order valence-corrected chi connectivity index (χ3v) is 4.64. The number of hydrogen-bond donors (Lipinski definition) is 3. The van der Waals surface area contributed by atoms with Gasteiger partial charge in [-0.3, -0.25) is 4.79 Å². The second-order valence-corrected chi connectivity index (χ2v) is 8.56. The summed E-state index contributed by atoms with van der Waals surface area (Å²) in [7, 11) is -3.57. The number of nitrogens with zero attached hydrogens (tertiary/aromatic N) is 1. The Morgan fingerprint density at radius 1 is 1.29 bits per heavy atom. The summed E-state index contributed by atoms with van der Waals surface area (Å²) >= 11 is 0. The zero-order valence-corrected chi connectivity index (χ0v) is 15.8.